The number of amides is 1. The van der Waals surface area contributed by atoms with Gasteiger partial charge in [0.1, 0.15) is 18.2 Å². The normalized spacial score (nSPS) is 24.7. The first-order valence-electron chi connectivity index (χ1n) is 10.3. The standard InChI is InChI=1S/C22H24N6O3/c1-27(2)16-10-8-15(9-11-16)22(29)23-17-12-30-20-18(13-31-19(17)20)28-21(24-25-26-28)14-6-4-3-5-7-14/h3-11,17-20H,12-13H2,1-2H3,(H,23,29)/t17-,18-,19+,20+/m0/s1. The van der Waals surface area contributed by atoms with Gasteiger partial charge in [0.25, 0.3) is 5.91 Å². The average Bonchev–Trinajstić information content (AvgIpc) is 3.52. The molecule has 1 amide bonds. The summed E-state index contributed by atoms with van der Waals surface area (Å²) in [6.07, 6.45) is -0.477. The first-order valence-corrected chi connectivity index (χ1v) is 10.3. The molecule has 31 heavy (non-hydrogen) atoms. The van der Waals surface area contributed by atoms with E-state index < -0.39 is 0 Å². The van der Waals surface area contributed by atoms with Gasteiger partial charge in [-0.3, -0.25) is 4.79 Å². The largest absolute Gasteiger partial charge is 0.378 e. The maximum atomic E-state index is 12.7. The van der Waals surface area contributed by atoms with Gasteiger partial charge in [0, 0.05) is 30.9 Å². The van der Waals surface area contributed by atoms with E-state index in [1.807, 2.05) is 73.6 Å². The molecule has 2 aliphatic heterocycles. The number of aromatic nitrogens is 4. The highest BCUT2D eigenvalue weighted by molar-refractivity contribution is 5.94. The molecule has 0 saturated carbocycles. The van der Waals surface area contributed by atoms with Gasteiger partial charge in [0.2, 0.25) is 0 Å². The highest BCUT2D eigenvalue weighted by Gasteiger charge is 2.50. The number of ether oxygens (including phenoxy) is 2. The smallest absolute Gasteiger partial charge is 0.251 e. The van der Waals surface area contributed by atoms with Crippen LogP contribution >= 0.6 is 0 Å². The molecule has 2 fully saturated rings. The summed E-state index contributed by atoms with van der Waals surface area (Å²) >= 11 is 0. The SMILES string of the molecule is CN(C)c1ccc(C(=O)N[C@H]2CO[C@H]3[C@@H]2OC[C@@H]3n2nnnc2-c2ccccc2)cc1. The van der Waals surface area contributed by atoms with Crippen LogP contribution < -0.4 is 10.2 Å². The lowest BCUT2D eigenvalue weighted by atomic mass is 10.1. The third kappa shape index (κ3) is 3.66. The molecule has 0 bridgehead atoms. The van der Waals surface area contributed by atoms with Gasteiger partial charge in [-0.25, -0.2) is 4.68 Å². The van der Waals surface area contributed by atoms with Crippen molar-refractivity contribution < 1.29 is 14.3 Å². The summed E-state index contributed by atoms with van der Waals surface area (Å²) in [5.74, 6) is 0.533. The molecule has 0 unspecified atom stereocenters. The minimum Gasteiger partial charge on any atom is -0.378 e. The monoisotopic (exact) mass is 420 g/mol. The zero-order chi connectivity index (χ0) is 21.4. The van der Waals surface area contributed by atoms with Crippen molar-refractivity contribution in [3.63, 3.8) is 0 Å². The van der Waals surface area contributed by atoms with Crippen LogP contribution in [0.1, 0.15) is 16.4 Å². The lowest BCUT2D eigenvalue weighted by molar-refractivity contribution is 0.0615. The van der Waals surface area contributed by atoms with Crippen LogP contribution in [-0.4, -0.2) is 71.7 Å². The first-order chi connectivity index (χ1) is 15.1. The molecule has 3 aromatic rings. The molecule has 1 aromatic heterocycles. The van der Waals surface area contributed by atoms with E-state index in [2.05, 4.69) is 20.8 Å². The van der Waals surface area contributed by atoms with Crippen molar-refractivity contribution >= 4 is 11.6 Å². The van der Waals surface area contributed by atoms with Crippen LogP contribution in [-0.2, 0) is 9.47 Å². The lowest BCUT2D eigenvalue weighted by Gasteiger charge is -2.18. The Morgan fingerprint density at radius 3 is 2.52 bits per heavy atom. The molecule has 1 N–H and O–H groups in total. The number of carbonyl (C=O) groups excluding carboxylic acids is 1. The van der Waals surface area contributed by atoms with Crippen LogP contribution in [0.5, 0.6) is 0 Å². The summed E-state index contributed by atoms with van der Waals surface area (Å²) < 4.78 is 13.9. The van der Waals surface area contributed by atoms with Gasteiger partial charge in [0.15, 0.2) is 5.82 Å². The molecule has 2 aromatic carbocycles. The Morgan fingerprint density at radius 2 is 1.77 bits per heavy atom. The van der Waals surface area contributed by atoms with E-state index in [1.54, 1.807) is 4.68 Å². The Hall–Kier alpha value is -3.30. The predicted octanol–water partition coefficient (Wildman–Crippen LogP) is 1.54. The molecular formula is C22H24N6O3. The van der Waals surface area contributed by atoms with E-state index in [9.17, 15) is 4.79 Å². The highest BCUT2D eigenvalue weighted by Crippen LogP contribution is 2.35. The molecule has 160 valence electrons. The van der Waals surface area contributed by atoms with E-state index in [4.69, 9.17) is 9.47 Å². The fraction of sp³-hybridized carbons (Fsp3) is 0.364. The fourth-order valence-electron chi connectivity index (χ4n) is 4.17. The number of rotatable bonds is 5. The van der Waals surface area contributed by atoms with Crippen LogP contribution in [0.2, 0.25) is 0 Å². The van der Waals surface area contributed by atoms with Crippen molar-refractivity contribution in [3.8, 4) is 11.4 Å². The Kier molecular flexibility index (Phi) is 5.13. The van der Waals surface area contributed by atoms with Gasteiger partial charge in [0.05, 0.1) is 19.3 Å². The van der Waals surface area contributed by atoms with Gasteiger partial charge in [-0.2, -0.15) is 0 Å². The number of tetrazole rings is 1. The number of carbonyl (C=O) groups is 1. The molecule has 9 nitrogen and oxygen atoms in total. The molecule has 2 saturated heterocycles. The van der Waals surface area contributed by atoms with E-state index in [0.29, 0.717) is 24.6 Å². The van der Waals surface area contributed by atoms with Crippen LogP contribution in [0.3, 0.4) is 0 Å². The summed E-state index contributed by atoms with van der Waals surface area (Å²) in [5, 5.41) is 15.3. The van der Waals surface area contributed by atoms with Crippen LogP contribution in [0, 0.1) is 0 Å². The molecule has 0 aliphatic carbocycles. The number of nitrogens with one attached hydrogen (secondary N) is 1. The van der Waals surface area contributed by atoms with Gasteiger partial charge in [-0.1, -0.05) is 30.3 Å². The Labute approximate surface area is 180 Å². The van der Waals surface area contributed by atoms with Gasteiger partial charge < -0.3 is 19.7 Å². The third-order valence-electron chi connectivity index (χ3n) is 5.83. The first kappa shape index (κ1) is 19.7. The van der Waals surface area contributed by atoms with Gasteiger partial charge in [-0.05, 0) is 34.7 Å². The van der Waals surface area contributed by atoms with Crippen molar-refractivity contribution in [2.24, 2.45) is 0 Å². The predicted molar refractivity (Wildman–Crippen MR) is 114 cm³/mol. The quantitative estimate of drug-likeness (QED) is 0.669. The number of benzene rings is 2. The van der Waals surface area contributed by atoms with E-state index in [0.717, 1.165) is 11.3 Å². The van der Waals surface area contributed by atoms with E-state index in [-0.39, 0.29) is 30.2 Å². The number of hydrogen-bond donors (Lipinski definition) is 1. The molecule has 4 atom stereocenters. The molecule has 5 rings (SSSR count). The number of anilines is 1. The summed E-state index contributed by atoms with van der Waals surface area (Å²) in [4.78, 5) is 14.7. The van der Waals surface area contributed by atoms with E-state index in [1.165, 1.54) is 0 Å². The second-order valence-corrected chi connectivity index (χ2v) is 8.00. The summed E-state index contributed by atoms with van der Waals surface area (Å²) in [7, 11) is 3.93. The van der Waals surface area contributed by atoms with Crippen LogP contribution in [0.15, 0.2) is 54.6 Å². The third-order valence-corrected chi connectivity index (χ3v) is 5.83. The van der Waals surface area contributed by atoms with Crippen molar-refractivity contribution in [3.05, 3.63) is 60.2 Å². The van der Waals surface area contributed by atoms with Crippen molar-refractivity contribution in [1.29, 1.82) is 0 Å². The molecule has 9 heteroatoms. The Balaban J connectivity index is 1.29. The summed E-state index contributed by atoms with van der Waals surface area (Å²) in [6.45, 7) is 0.806. The summed E-state index contributed by atoms with van der Waals surface area (Å²) in [6, 6.07) is 16.9. The highest BCUT2D eigenvalue weighted by atomic mass is 16.6. The topological polar surface area (TPSA) is 94.4 Å². The minimum absolute atomic E-state index is 0.140. The minimum atomic E-state index is -0.247. The van der Waals surface area contributed by atoms with Crippen molar-refractivity contribution in [1.82, 2.24) is 25.5 Å². The van der Waals surface area contributed by atoms with Gasteiger partial charge in [-0.15, -0.1) is 5.10 Å². The number of fused-ring (bicyclic) bond motifs is 1. The average molecular weight is 420 g/mol. The van der Waals surface area contributed by atoms with Crippen molar-refractivity contribution in [2.45, 2.75) is 24.3 Å². The van der Waals surface area contributed by atoms with E-state index >= 15 is 0 Å². The summed E-state index contributed by atoms with van der Waals surface area (Å²) in [5.41, 5.74) is 2.58. The fourth-order valence-corrected chi connectivity index (χ4v) is 4.17. The number of nitrogens with zero attached hydrogens (tertiary/aromatic N) is 5. The molecule has 0 radical (unpaired) electrons. The van der Waals surface area contributed by atoms with Crippen LogP contribution in [0.4, 0.5) is 5.69 Å². The van der Waals surface area contributed by atoms with Crippen molar-refractivity contribution in [2.75, 3.05) is 32.2 Å². The Bertz CT molecular complexity index is 1050. The zero-order valence-electron chi connectivity index (χ0n) is 17.4. The number of hydrogen-bond acceptors (Lipinski definition) is 7. The molecule has 3 heterocycles. The molecule has 2 aliphatic rings. The van der Waals surface area contributed by atoms with Crippen LogP contribution in [0.25, 0.3) is 11.4 Å². The van der Waals surface area contributed by atoms with Gasteiger partial charge >= 0.3 is 0 Å². The zero-order valence-corrected chi connectivity index (χ0v) is 17.4. The second-order valence-electron chi connectivity index (χ2n) is 8.00. The maximum absolute atomic E-state index is 12.7. The second kappa shape index (κ2) is 8.09. The maximum Gasteiger partial charge on any atom is 0.251 e. The Morgan fingerprint density at radius 1 is 1.03 bits per heavy atom. The molecular weight excluding hydrogens is 396 g/mol. The lowest BCUT2D eigenvalue weighted by Crippen LogP contribution is -2.44. The molecule has 0 spiro atoms.